The summed E-state index contributed by atoms with van der Waals surface area (Å²) in [6, 6.07) is 5.73. The van der Waals surface area contributed by atoms with Crippen molar-refractivity contribution in [2.75, 3.05) is 32.8 Å². The van der Waals surface area contributed by atoms with Crippen molar-refractivity contribution in [3.05, 3.63) is 28.8 Å². The lowest BCUT2D eigenvalue weighted by molar-refractivity contribution is -0.905. The average molecular weight is 327 g/mol. The molecule has 0 aliphatic carbocycles. The maximum Gasteiger partial charge on any atom is 0.309 e. The first-order valence-corrected chi connectivity index (χ1v) is 8.37. The van der Waals surface area contributed by atoms with Crippen LogP contribution in [0.4, 0.5) is 0 Å². The maximum atomic E-state index is 11.7. The molecule has 2 rings (SSSR count). The molecule has 1 aromatic carbocycles. The topological polar surface area (TPSA) is 40.0 Å². The molecule has 0 radical (unpaired) electrons. The number of halogens is 1. The van der Waals surface area contributed by atoms with E-state index in [1.807, 2.05) is 32.0 Å². The van der Waals surface area contributed by atoms with Gasteiger partial charge in [0.15, 0.2) is 0 Å². The van der Waals surface area contributed by atoms with E-state index < -0.39 is 0 Å². The van der Waals surface area contributed by atoms with E-state index in [-0.39, 0.29) is 11.9 Å². The summed E-state index contributed by atoms with van der Waals surface area (Å²) in [5.41, 5.74) is 1.03. The highest BCUT2D eigenvalue weighted by Gasteiger charge is 2.28. The molecule has 1 aromatic rings. The molecule has 1 saturated heterocycles. The third-order valence-corrected chi connectivity index (χ3v) is 4.59. The molecular weight excluding hydrogens is 302 g/mol. The first-order valence-electron chi connectivity index (χ1n) is 7.99. The van der Waals surface area contributed by atoms with Crippen LogP contribution in [0, 0.1) is 12.8 Å². The zero-order chi connectivity index (χ0) is 15.9. The van der Waals surface area contributed by atoms with Gasteiger partial charge in [0.2, 0.25) is 0 Å². The molecule has 1 fully saturated rings. The molecule has 0 atom stereocenters. The van der Waals surface area contributed by atoms with Gasteiger partial charge in [0, 0.05) is 17.9 Å². The zero-order valence-electron chi connectivity index (χ0n) is 13.4. The lowest BCUT2D eigenvalue weighted by Gasteiger charge is -2.28. The summed E-state index contributed by atoms with van der Waals surface area (Å²) in [6.07, 6.45) is 1.82. The van der Waals surface area contributed by atoms with Crippen LogP contribution in [0.15, 0.2) is 18.2 Å². The Balaban J connectivity index is 1.68. The predicted molar refractivity (Wildman–Crippen MR) is 86.6 cm³/mol. The largest absolute Gasteiger partial charge is 0.488 e. The monoisotopic (exact) mass is 326 g/mol. The van der Waals surface area contributed by atoms with E-state index in [0.717, 1.165) is 48.8 Å². The second kappa shape index (κ2) is 8.39. The molecule has 1 heterocycles. The molecule has 0 bridgehead atoms. The summed E-state index contributed by atoms with van der Waals surface area (Å²) < 4.78 is 10.9. The average Bonchev–Trinajstić information content (AvgIpc) is 2.52. The number of nitrogens with one attached hydrogen (secondary N) is 1. The quantitative estimate of drug-likeness (QED) is 0.812. The Hall–Kier alpha value is -1.26. The van der Waals surface area contributed by atoms with Crippen LogP contribution in [0.3, 0.4) is 0 Å². The number of aryl methyl sites for hydroxylation is 1. The first-order chi connectivity index (χ1) is 10.6. The molecule has 122 valence electrons. The van der Waals surface area contributed by atoms with Crippen LogP contribution in [-0.2, 0) is 9.53 Å². The van der Waals surface area contributed by atoms with E-state index in [0.29, 0.717) is 13.2 Å². The van der Waals surface area contributed by atoms with E-state index in [4.69, 9.17) is 21.1 Å². The minimum absolute atomic E-state index is 0.0329. The van der Waals surface area contributed by atoms with Crippen molar-refractivity contribution in [2.45, 2.75) is 26.7 Å². The smallest absolute Gasteiger partial charge is 0.309 e. The SMILES string of the molecule is CCOC(=O)C1CC[NH+](CCOc2ccc(Cl)c(C)c2)CC1. The Kier molecular flexibility index (Phi) is 6.52. The minimum Gasteiger partial charge on any atom is -0.488 e. The van der Waals surface area contributed by atoms with Crippen LogP contribution in [0.5, 0.6) is 5.75 Å². The summed E-state index contributed by atoms with van der Waals surface area (Å²) >= 11 is 6.00. The molecule has 1 N–H and O–H groups in total. The van der Waals surface area contributed by atoms with Gasteiger partial charge in [-0.1, -0.05) is 11.6 Å². The van der Waals surface area contributed by atoms with Crippen molar-refractivity contribution >= 4 is 17.6 Å². The Morgan fingerprint density at radius 1 is 1.36 bits per heavy atom. The maximum absolute atomic E-state index is 11.7. The Bertz CT molecular complexity index is 499. The molecule has 0 spiro atoms. The molecule has 0 aromatic heterocycles. The van der Waals surface area contributed by atoms with Crippen molar-refractivity contribution < 1.29 is 19.2 Å². The number of quaternary nitrogens is 1. The Labute approximate surface area is 137 Å². The fraction of sp³-hybridized carbons (Fsp3) is 0.588. The first kappa shape index (κ1) is 17.1. The molecule has 0 unspecified atom stereocenters. The number of esters is 1. The second-order valence-corrected chi connectivity index (χ2v) is 6.19. The fourth-order valence-electron chi connectivity index (χ4n) is 2.79. The van der Waals surface area contributed by atoms with Gasteiger partial charge in [0.1, 0.15) is 18.9 Å². The van der Waals surface area contributed by atoms with Gasteiger partial charge in [0.05, 0.1) is 25.6 Å². The number of rotatable bonds is 6. The van der Waals surface area contributed by atoms with Crippen LogP contribution in [0.25, 0.3) is 0 Å². The molecule has 22 heavy (non-hydrogen) atoms. The summed E-state index contributed by atoms with van der Waals surface area (Å²) in [5, 5.41) is 0.763. The molecule has 0 amide bonds. The van der Waals surface area contributed by atoms with Gasteiger partial charge < -0.3 is 14.4 Å². The van der Waals surface area contributed by atoms with Crippen LogP contribution in [0.2, 0.25) is 5.02 Å². The van der Waals surface area contributed by atoms with Gasteiger partial charge in [-0.2, -0.15) is 0 Å². The zero-order valence-corrected chi connectivity index (χ0v) is 14.1. The number of hydrogen-bond acceptors (Lipinski definition) is 3. The van der Waals surface area contributed by atoms with E-state index >= 15 is 0 Å². The number of carbonyl (C=O) groups is 1. The van der Waals surface area contributed by atoms with Crippen molar-refractivity contribution in [2.24, 2.45) is 5.92 Å². The van der Waals surface area contributed by atoms with Crippen LogP contribution in [-0.4, -0.2) is 38.8 Å². The third kappa shape index (κ3) is 4.89. The number of benzene rings is 1. The predicted octanol–water partition coefficient (Wildman–Crippen LogP) is 1.89. The summed E-state index contributed by atoms with van der Waals surface area (Å²) in [4.78, 5) is 13.2. The van der Waals surface area contributed by atoms with Gasteiger partial charge in [-0.3, -0.25) is 4.79 Å². The Morgan fingerprint density at radius 3 is 2.73 bits per heavy atom. The van der Waals surface area contributed by atoms with Crippen LogP contribution in [0.1, 0.15) is 25.3 Å². The number of hydrogen-bond donors (Lipinski definition) is 1. The number of ether oxygens (including phenoxy) is 2. The van der Waals surface area contributed by atoms with Crippen molar-refractivity contribution in [3.8, 4) is 5.75 Å². The minimum atomic E-state index is -0.0329. The van der Waals surface area contributed by atoms with E-state index in [2.05, 4.69) is 0 Å². The van der Waals surface area contributed by atoms with Crippen LogP contribution < -0.4 is 9.64 Å². The summed E-state index contributed by atoms with van der Waals surface area (Å²) in [7, 11) is 0. The highest BCUT2D eigenvalue weighted by atomic mass is 35.5. The van der Waals surface area contributed by atoms with E-state index in [9.17, 15) is 4.79 Å². The lowest BCUT2D eigenvalue weighted by Crippen LogP contribution is -3.13. The van der Waals surface area contributed by atoms with E-state index in [1.165, 1.54) is 4.90 Å². The van der Waals surface area contributed by atoms with Gasteiger partial charge in [-0.15, -0.1) is 0 Å². The van der Waals surface area contributed by atoms with Gasteiger partial charge in [-0.05, 0) is 37.6 Å². The standard InChI is InChI=1S/C17H24ClNO3/c1-3-21-17(20)14-6-8-19(9-7-14)10-11-22-15-4-5-16(18)13(2)12-15/h4-5,12,14H,3,6-11H2,1-2H3/p+1. The molecule has 4 nitrogen and oxygen atoms in total. The summed E-state index contributed by atoms with van der Waals surface area (Å²) in [5.74, 6) is 0.917. The van der Waals surface area contributed by atoms with E-state index in [1.54, 1.807) is 0 Å². The lowest BCUT2D eigenvalue weighted by atomic mass is 9.97. The normalized spacial score (nSPS) is 21.4. The highest BCUT2D eigenvalue weighted by Crippen LogP contribution is 2.20. The molecule has 1 aliphatic rings. The third-order valence-electron chi connectivity index (χ3n) is 4.17. The molecular formula is C17H25ClNO3+. The van der Waals surface area contributed by atoms with Crippen LogP contribution >= 0.6 is 11.6 Å². The van der Waals surface area contributed by atoms with Crippen molar-refractivity contribution in [3.63, 3.8) is 0 Å². The number of likely N-dealkylation sites (tertiary alicyclic amines) is 1. The number of carbonyl (C=O) groups excluding carboxylic acids is 1. The van der Waals surface area contributed by atoms with Crippen molar-refractivity contribution in [1.29, 1.82) is 0 Å². The van der Waals surface area contributed by atoms with Gasteiger partial charge >= 0.3 is 5.97 Å². The molecule has 1 aliphatic heterocycles. The van der Waals surface area contributed by atoms with Gasteiger partial charge in [-0.25, -0.2) is 0 Å². The summed E-state index contributed by atoms with van der Waals surface area (Å²) in [6.45, 7) is 7.95. The molecule has 5 heteroatoms. The number of piperidine rings is 1. The fourth-order valence-corrected chi connectivity index (χ4v) is 2.91. The molecule has 0 saturated carbocycles. The van der Waals surface area contributed by atoms with Crippen molar-refractivity contribution in [1.82, 2.24) is 0 Å². The second-order valence-electron chi connectivity index (χ2n) is 5.79. The Morgan fingerprint density at radius 2 is 2.09 bits per heavy atom. The highest BCUT2D eigenvalue weighted by molar-refractivity contribution is 6.31. The van der Waals surface area contributed by atoms with Gasteiger partial charge in [0.25, 0.3) is 0 Å².